The maximum Gasteiger partial charge on any atom is 0.264 e. The number of ether oxygens (including phenoxy) is 1. The van der Waals surface area contributed by atoms with E-state index in [-0.39, 0.29) is 17.3 Å². The summed E-state index contributed by atoms with van der Waals surface area (Å²) in [5, 5.41) is 10.1. The molecule has 1 aliphatic heterocycles. The number of thiophene rings is 1. The highest BCUT2D eigenvalue weighted by molar-refractivity contribution is 7.20. The average molecular weight is 374 g/mol. The molecule has 0 radical (unpaired) electrons. The van der Waals surface area contributed by atoms with Gasteiger partial charge < -0.3 is 15.0 Å². The SMILES string of the molecule is O=C(Nc1n[nH]c2sc(C(=O)N3CCOCC3)cc12)c1ccccc1F. The minimum Gasteiger partial charge on any atom is -0.378 e. The molecule has 0 saturated carbocycles. The molecule has 0 unspecified atom stereocenters. The van der Waals surface area contributed by atoms with Gasteiger partial charge in [-0.25, -0.2) is 4.39 Å². The number of aromatic nitrogens is 2. The summed E-state index contributed by atoms with van der Waals surface area (Å²) in [6.07, 6.45) is 0. The van der Waals surface area contributed by atoms with Crippen molar-refractivity contribution < 1.29 is 18.7 Å². The van der Waals surface area contributed by atoms with Crippen LogP contribution in [0.25, 0.3) is 10.2 Å². The lowest BCUT2D eigenvalue weighted by Gasteiger charge is -2.26. The Morgan fingerprint density at radius 2 is 2.04 bits per heavy atom. The summed E-state index contributed by atoms with van der Waals surface area (Å²) in [6.45, 7) is 2.17. The molecule has 2 N–H and O–H groups in total. The van der Waals surface area contributed by atoms with Crippen LogP contribution in [0.3, 0.4) is 0 Å². The largest absolute Gasteiger partial charge is 0.378 e. The number of hydrogen-bond donors (Lipinski definition) is 2. The van der Waals surface area contributed by atoms with E-state index < -0.39 is 11.7 Å². The van der Waals surface area contributed by atoms with Crippen LogP contribution in [0.5, 0.6) is 0 Å². The molecule has 3 heterocycles. The number of benzene rings is 1. The van der Waals surface area contributed by atoms with Crippen LogP contribution in [0.2, 0.25) is 0 Å². The van der Waals surface area contributed by atoms with Crippen LogP contribution in [0.15, 0.2) is 30.3 Å². The number of fused-ring (bicyclic) bond motifs is 1. The van der Waals surface area contributed by atoms with Crippen molar-refractivity contribution in [2.45, 2.75) is 0 Å². The van der Waals surface area contributed by atoms with E-state index in [1.54, 1.807) is 17.0 Å². The number of anilines is 1. The number of amides is 2. The molecule has 3 aromatic rings. The maximum absolute atomic E-state index is 13.8. The van der Waals surface area contributed by atoms with Gasteiger partial charge in [0, 0.05) is 13.1 Å². The van der Waals surface area contributed by atoms with E-state index in [0.717, 1.165) is 0 Å². The topological polar surface area (TPSA) is 87.3 Å². The molecule has 2 amide bonds. The van der Waals surface area contributed by atoms with Crippen molar-refractivity contribution in [1.82, 2.24) is 15.1 Å². The first-order valence-electron chi connectivity index (χ1n) is 8.04. The highest BCUT2D eigenvalue weighted by Crippen LogP contribution is 2.30. The van der Waals surface area contributed by atoms with E-state index in [2.05, 4.69) is 15.5 Å². The first-order valence-corrected chi connectivity index (χ1v) is 8.86. The lowest BCUT2D eigenvalue weighted by atomic mass is 10.2. The highest BCUT2D eigenvalue weighted by atomic mass is 32.1. The Kier molecular flexibility index (Phi) is 4.39. The number of H-pyrrole nitrogens is 1. The van der Waals surface area contributed by atoms with Crippen LogP contribution in [0, 0.1) is 5.82 Å². The molecule has 9 heteroatoms. The number of nitrogens with one attached hydrogen (secondary N) is 2. The Labute approximate surface area is 151 Å². The predicted octanol–water partition coefficient (Wildman–Crippen LogP) is 2.49. The van der Waals surface area contributed by atoms with Gasteiger partial charge in [0.2, 0.25) is 0 Å². The first kappa shape index (κ1) is 16.7. The Morgan fingerprint density at radius 3 is 2.81 bits per heavy atom. The lowest BCUT2D eigenvalue weighted by Crippen LogP contribution is -2.40. The Hall–Kier alpha value is -2.78. The highest BCUT2D eigenvalue weighted by Gasteiger charge is 2.23. The number of rotatable bonds is 3. The molecule has 26 heavy (non-hydrogen) atoms. The standard InChI is InChI=1S/C17H15FN4O3S/c18-12-4-2-1-3-10(12)15(23)19-14-11-9-13(26-16(11)21-20-14)17(24)22-5-7-25-8-6-22/h1-4,9H,5-8H2,(H2,19,20,21,23). The predicted molar refractivity (Wildman–Crippen MR) is 95.0 cm³/mol. The number of halogens is 1. The van der Waals surface area contributed by atoms with Crippen molar-refractivity contribution >= 4 is 39.2 Å². The van der Waals surface area contributed by atoms with Gasteiger partial charge in [-0.2, -0.15) is 5.10 Å². The van der Waals surface area contributed by atoms with Gasteiger partial charge in [0.25, 0.3) is 11.8 Å². The number of carbonyl (C=O) groups excluding carboxylic acids is 2. The minimum atomic E-state index is -0.606. The monoisotopic (exact) mass is 374 g/mol. The zero-order valence-corrected chi connectivity index (χ0v) is 14.4. The summed E-state index contributed by atoms with van der Waals surface area (Å²) in [4.78, 5) is 27.8. The van der Waals surface area contributed by atoms with Crippen LogP contribution in [0.4, 0.5) is 10.2 Å². The molecular weight excluding hydrogens is 359 g/mol. The molecule has 1 aliphatic rings. The fraction of sp³-hybridized carbons (Fsp3) is 0.235. The van der Waals surface area contributed by atoms with Gasteiger partial charge >= 0.3 is 0 Å². The maximum atomic E-state index is 13.8. The number of carbonyl (C=O) groups is 2. The van der Waals surface area contributed by atoms with Crippen molar-refractivity contribution in [2.75, 3.05) is 31.6 Å². The zero-order valence-electron chi connectivity index (χ0n) is 13.6. The van der Waals surface area contributed by atoms with Crippen molar-refractivity contribution in [1.29, 1.82) is 0 Å². The molecule has 134 valence electrons. The van der Waals surface area contributed by atoms with Crippen LogP contribution in [-0.2, 0) is 4.74 Å². The van der Waals surface area contributed by atoms with E-state index in [9.17, 15) is 14.0 Å². The van der Waals surface area contributed by atoms with E-state index in [1.807, 2.05) is 0 Å². The van der Waals surface area contributed by atoms with E-state index in [1.165, 1.54) is 29.5 Å². The fourth-order valence-corrected chi connectivity index (χ4v) is 3.73. The van der Waals surface area contributed by atoms with E-state index in [4.69, 9.17) is 4.74 Å². The number of hydrogen-bond acceptors (Lipinski definition) is 5. The second kappa shape index (κ2) is 6.85. The Balaban J connectivity index is 1.57. The summed E-state index contributed by atoms with van der Waals surface area (Å²) in [5.74, 6) is -1.01. The third-order valence-corrected chi connectivity index (χ3v) is 5.14. The van der Waals surface area contributed by atoms with Gasteiger partial charge in [-0.05, 0) is 18.2 Å². The number of morpholine rings is 1. The van der Waals surface area contributed by atoms with Crippen molar-refractivity contribution in [3.05, 3.63) is 46.6 Å². The van der Waals surface area contributed by atoms with Gasteiger partial charge in [-0.15, -0.1) is 11.3 Å². The van der Waals surface area contributed by atoms with E-state index >= 15 is 0 Å². The molecule has 0 aliphatic carbocycles. The van der Waals surface area contributed by atoms with Gasteiger partial charge in [-0.3, -0.25) is 14.7 Å². The number of nitrogens with zero attached hydrogens (tertiary/aromatic N) is 2. The average Bonchev–Trinajstić information content (AvgIpc) is 3.24. The summed E-state index contributed by atoms with van der Waals surface area (Å²) >= 11 is 1.27. The van der Waals surface area contributed by atoms with E-state index in [0.29, 0.717) is 41.4 Å². The summed E-state index contributed by atoms with van der Waals surface area (Å²) in [7, 11) is 0. The second-order valence-corrected chi connectivity index (χ2v) is 6.82. The Morgan fingerprint density at radius 1 is 1.27 bits per heavy atom. The first-order chi connectivity index (χ1) is 12.6. The molecule has 2 aromatic heterocycles. The lowest BCUT2D eigenvalue weighted by molar-refractivity contribution is 0.0306. The summed E-state index contributed by atoms with van der Waals surface area (Å²) in [6, 6.07) is 7.41. The third-order valence-electron chi connectivity index (χ3n) is 4.12. The van der Waals surface area contributed by atoms with Crippen LogP contribution < -0.4 is 5.32 Å². The molecule has 0 atom stereocenters. The van der Waals surface area contributed by atoms with Gasteiger partial charge in [0.05, 0.1) is 29.0 Å². The minimum absolute atomic E-state index is 0.0662. The fourth-order valence-electron chi connectivity index (χ4n) is 2.76. The number of aromatic amines is 1. The van der Waals surface area contributed by atoms with Crippen molar-refractivity contribution in [3.63, 3.8) is 0 Å². The van der Waals surface area contributed by atoms with Gasteiger partial charge in [-0.1, -0.05) is 12.1 Å². The molecule has 1 fully saturated rings. The van der Waals surface area contributed by atoms with Crippen molar-refractivity contribution in [2.24, 2.45) is 0 Å². The molecule has 0 bridgehead atoms. The molecule has 7 nitrogen and oxygen atoms in total. The smallest absolute Gasteiger partial charge is 0.264 e. The molecular formula is C17H15FN4O3S. The van der Waals surface area contributed by atoms with Crippen LogP contribution >= 0.6 is 11.3 Å². The molecule has 4 rings (SSSR count). The van der Waals surface area contributed by atoms with Crippen LogP contribution in [-0.4, -0.2) is 53.2 Å². The van der Waals surface area contributed by atoms with Gasteiger partial charge in [0.15, 0.2) is 5.82 Å². The van der Waals surface area contributed by atoms with Crippen LogP contribution in [0.1, 0.15) is 20.0 Å². The second-order valence-electron chi connectivity index (χ2n) is 5.76. The van der Waals surface area contributed by atoms with Gasteiger partial charge in [0.1, 0.15) is 10.6 Å². The third kappa shape index (κ3) is 3.06. The quantitative estimate of drug-likeness (QED) is 0.737. The zero-order chi connectivity index (χ0) is 18.1. The van der Waals surface area contributed by atoms with Crippen molar-refractivity contribution in [3.8, 4) is 0 Å². The summed E-state index contributed by atoms with van der Waals surface area (Å²) in [5.41, 5.74) is -0.0662. The summed E-state index contributed by atoms with van der Waals surface area (Å²) < 4.78 is 19.0. The Bertz CT molecular complexity index is 977. The molecule has 1 aromatic carbocycles. The molecule has 0 spiro atoms. The molecule has 1 saturated heterocycles. The normalized spacial score (nSPS) is 14.6.